The first kappa shape index (κ1) is 9.78. The zero-order valence-corrected chi connectivity index (χ0v) is 9.08. The molecule has 0 bridgehead atoms. The second kappa shape index (κ2) is 3.77. The zero-order chi connectivity index (χ0) is 10.8. The zero-order valence-electron chi connectivity index (χ0n) is 9.08. The Morgan fingerprint density at radius 2 is 2.07 bits per heavy atom. The van der Waals surface area contributed by atoms with Crippen LogP contribution in [0, 0.1) is 13.8 Å². The van der Waals surface area contributed by atoms with E-state index >= 15 is 0 Å². The van der Waals surface area contributed by atoms with Crippen LogP contribution in [0.3, 0.4) is 0 Å². The van der Waals surface area contributed by atoms with Crippen LogP contribution in [0.1, 0.15) is 16.9 Å². The van der Waals surface area contributed by atoms with Gasteiger partial charge in [0.1, 0.15) is 11.3 Å². The minimum atomic E-state index is 0.956. The first-order valence-electron chi connectivity index (χ1n) is 5.02. The highest BCUT2D eigenvalue weighted by Gasteiger charge is 2.08. The third kappa shape index (κ3) is 1.61. The van der Waals surface area contributed by atoms with E-state index in [1.807, 2.05) is 19.1 Å². The number of aryl methyl sites for hydroxylation is 2. The van der Waals surface area contributed by atoms with Gasteiger partial charge in [0, 0.05) is 10.9 Å². The Bertz CT molecular complexity index is 530. The Kier molecular flexibility index (Phi) is 2.46. The molecule has 0 unspecified atom stereocenters. The molecule has 1 heterocycles. The van der Waals surface area contributed by atoms with E-state index in [9.17, 15) is 0 Å². The SMILES string of the molecule is C=C/C=C\c1c(C)oc2c(C)cccc12. The minimum Gasteiger partial charge on any atom is -0.460 e. The molecule has 1 aromatic heterocycles. The molecule has 0 saturated carbocycles. The van der Waals surface area contributed by atoms with Crippen molar-refractivity contribution in [3.63, 3.8) is 0 Å². The maximum atomic E-state index is 5.74. The van der Waals surface area contributed by atoms with E-state index in [2.05, 4.69) is 31.7 Å². The lowest BCUT2D eigenvalue weighted by molar-refractivity contribution is 0.575. The summed E-state index contributed by atoms with van der Waals surface area (Å²) in [6, 6.07) is 6.20. The van der Waals surface area contributed by atoms with Crippen LogP contribution in [-0.4, -0.2) is 0 Å². The minimum absolute atomic E-state index is 0.956. The van der Waals surface area contributed by atoms with Crippen molar-refractivity contribution in [2.45, 2.75) is 13.8 Å². The lowest BCUT2D eigenvalue weighted by atomic mass is 10.1. The maximum Gasteiger partial charge on any atom is 0.137 e. The molecule has 76 valence electrons. The van der Waals surface area contributed by atoms with Gasteiger partial charge in [-0.2, -0.15) is 0 Å². The molecular weight excluding hydrogens is 184 g/mol. The van der Waals surface area contributed by atoms with Crippen molar-refractivity contribution in [1.82, 2.24) is 0 Å². The van der Waals surface area contributed by atoms with Crippen LogP contribution >= 0.6 is 0 Å². The molecule has 0 aliphatic rings. The Morgan fingerprint density at radius 1 is 1.27 bits per heavy atom. The first-order valence-corrected chi connectivity index (χ1v) is 5.02. The molecular formula is C14H14O. The Morgan fingerprint density at radius 3 is 2.80 bits per heavy atom. The van der Waals surface area contributed by atoms with Crippen molar-refractivity contribution in [1.29, 1.82) is 0 Å². The summed E-state index contributed by atoms with van der Waals surface area (Å²) < 4.78 is 5.74. The van der Waals surface area contributed by atoms with E-state index in [0.717, 1.165) is 16.9 Å². The summed E-state index contributed by atoms with van der Waals surface area (Å²) in [7, 11) is 0. The number of furan rings is 1. The van der Waals surface area contributed by atoms with Gasteiger partial charge in [0.05, 0.1) is 0 Å². The van der Waals surface area contributed by atoms with Crippen LogP contribution in [0.15, 0.2) is 41.3 Å². The largest absolute Gasteiger partial charge is 0.460 e. The van der Waals surface area contributed by atoms with Crippen molar-refractivity contribution in [2.24, 2.45) is 0 Å². The molecule has 2 aromatic rings. The lowest BCUT2D eigenvalue weighted by Gasteiger charge is -1.93. The number of rotatable bonds is 2. The number of allylic oxidation sites excluding steroid dienone is 2. The van der Waals surface area contributed by atoms with Crippen LogP contribution < -0.4 is 0 Å². The average molecular weight is 198 g/mol. The Hall–Kier alpha value is -1.76. The molecule has 0 radical (unpaired) electrons. The van der Waals surface area contributed by atoms with Gasteiger partial charge in [-0.25, -0.2) is 0 Å². The Balaban J connectivity index is 2.73. The lowest BCUT2D eigenvalue weighted by Crippen LogP contribution is -1.73. The summed E-state index contributed by atoms with van der Waals surface area (Å²) in [5, 5.41) is 1.17. The summed E-state index contributed by atoms with van der Waals surface area (Å²) in [5.74, 6) is 0.956. The van der Waals surface area contributed by atoms with Gasteiger partial charge in [-0.15, -0.1) is 0 Å². The average Bonchev–Trinajstić information content (AvgIpc) is 2.54. The molecule has 1 nitrogen and oxygen atoms in total. The van der Waals surface area contributed by atoms with Crippen LogP contribution in [0.25, 0.3) is 17.0 Å². The highest BCUT2D eigenvalue weighted by Crippen LogP contribution is 2.28. The number of hydrogen-bond donors (Lipinski definition) is 0. The molecule has 0 N–H and O–H groups in total. The number of para-hydroxylation sites is 1. The summed E-state index contributed by atoms with van der Waals surface area (Å²) in [6.07, 6.45) is 5.74. The topological polar surface area (TPSA) is 13.1 Å². The molecule has 0 fully saturated rings. The fraction of sp³-hybridized carbons (Fsp3) is 0.143. The summed E-state index contributed by atoms with van der Waals surface area (Å²) in [5.41, 5.74) is 3.31. The molecule has 2 rings (SSSR count). The number of fused-ring (bicyclic) bond motifs is 1. The molecule has 0 spiro atoms. The molecule has 0 aliphatic heterocycles. The standard InChI is InChI=1S/C14H14O/c1-4-5-8-12-11(3)15-14-10(2)7-6-9-13(12)14/h4-9H,1H2,2-3H3/b8-5-. The van der Waals surface area contributed by atoms with Gasteiger partial charge < -0.3 is 4.42 Å². The maximum absolute atomic E-state index is 5.74. The fourth-order valence-corrected chi connectivity index (χ4v) is 1.77. The van der Waals surface area contributed by atoms with Crippen molar-refractivity contribution < 1.29 is 4.42 Å². The first-order chi connectivity index (χ1) is 7.24. The smallest absolute Gasteiger partial charge is 0.137 e. The highest BCUT2D eigenvalue weighted by molar-refractivity contribution is 5.90. The van der Waals surface area contributed by atoms with Gasteiger partial charge in [-0.05, 0) is 19.4 Å². The second-order valence-electron chi connectivity index (χ2n) is 3.62. The predicted octanol–water partition coefficient (Wildman–Crippen LogP) is 4.25. The molecule has 1 heteroatoms. The van der Waals surface area contributed by atoms with Gasteiger partial charge in [-0.1, -0.05) is 43.0 Å². The quantitative estimate of drug-likeness (QED) is 0.657. The molecule has 1 aromatic carbocycles. The molecule has 15 heavy (non-hydrogen) atoms. The van der Waals surface area contributed by atoms with Gasteiger partial charge in [-0.3, -0.25) is 0 Å². The monoisotopic (exact) mass is 198 g/mol. The Labute approximate surface area is 89.7 Å². The van der Waals surface area contributed by atoms with Crippen LogP contribution in [0.2, 0.25) is 0 Å². The molecule has 0 atom stereocenters. The third-order valence-electron chi connectivity index (χ3n) is 2.54. The van der Waals surface area contributed by atoms with Crippen molar-refractivity contribution >= 4 is 17.0 Å². The van der Waals surface area contributed by atoms with E-state index in [-0.39, 0.29) is 0 Å². The van der Waals surface area contributed by atoms with Crippen LogP contribution in [-0.2, 0) is 0 Å². The van der Waals surface area contributed by atoms with Crippen molar-refractivity contribution in [3.05, 3.63) is 53.8 Å². The third-order valence-corrected chi connectivity index (χ3v) is 2.54. The van der Waals surface area contributed by atoms with Crippen molar-refractivity contribution in [3.8, 4) is 0 Å². The van der Waals surface area contributed by atoms with E-state index in [1.54, 1.807) is 6.08 Å². The second-order valence-corrected chi connectivity index (χ2v) is 3.62. The van der Waals surface area contributed by atoms with Crippen LogP contribution in [0.4, 0.5) is 0 Å². The molecule has 0 amide bonds. The van der Waals surface area contributed by atoms with Gasteiger partial charge in [0.2, 0.25) is 0 Å². The normalized spacial score (nSPS) is 11.3. The molecule has 0 aliphatic carbocycles. The van der Waals surface area contributed by atoms with E-state index in [1.165, 1.54) is 10.9 Å². The van der Waals surface area contributed by atoms with Crippen LogP contribution in [0.5, 0.6) is 0 Å². The number of benzene rings is 1. The van der Waals surface area contributed by atoms with Gasteiger partial charge >= 0.3 is 0 Å². The van der Waals surface area contributed by atoms with E-state index in [4.69, 9.17) is 4.42 Å². The van der Waals surface area contributed by atoms with Gasteiger partial charge in [0.15, 0.2) is 0 Å². The van der Waals surface area contributed by atoms with E-state index < -0.39 is 0 Å². The summed E-state index contributed by atoms with van der Waals surface area (Å²) in [6.45, 7) is 7.72. The fourth-order valence-electron chi connectivity index (χ4n) is 1.77. The highest BCUT2D eigenvalue weighted by atomic mass is 16.3. The van der Waals surface area contributed by atoms with E-state index in [0.29, 0.717) is 0 Å². The summed E-state index contributed by atoms with van der Waals surface area (Å²) in [4.78, 5) is 0. The molecule has 0 saturated heterocycles. The number of hydrogen-bond acceptors (Lipinski definition) is 1. The van der Waals surface area contributed by atoms with Gasteiger partial charge in [0.25, 0.3) is 0 Å². The summed E-state index contributed by atoms with van der Waals surface area (Å²) >= 11 is 0. The van der Waals surface area contributed by atoms with Crippen molar-refractivity contribution in [2.75, 3.05) is 0 Å². The predicted molar refractivity (Wildman–Crippen MR) is 64.9 cm³/mol.